The van der Waals surface area contributed by atoms with E-state index in [0.717, 1.165) is 0 Å². The summed E-state index contributed by atoms with van der Waals surface area (Å²) in [5, 5.41) is 9.82. The zero-order valence-electron chi connectivity index (χ0n) is 14.1. The fourth-order valence-electron chi connectivity index (χ4n) is 2.19. The van der Waals surface area contributed by atoms with E-state index in [2.05, 4.69) is 4.98 Å². The van der Waals surface area contributed by atoms with E-state index < -0.39 is 5.97 Å². The number of hydrogen-bond acceptors (Lipinski definition) is 6. The number of halogens is 1. The highest BCUT2D eigenvalue weighted by Crippen LogP contribution is 2.30. The molecular weight excluding hydrogens is 343 g/mol. The van der Waals surface area contributed by atoms with Crippen LogP contribution in [0.15, 0.2) is 29.3 Å². The minimum atomic E-state index is -0.507. The third-order valence-electron chi connectivity index (χ3n) is 3.40. The van der Waals surface area contributed by atoms with Crippen molar-refractivity contribution in [3.8, 4) is 11.8 Å². The van der Waals surface area contributed by atoms with E-state index in [4.69, 9.17) is 9.47 Å². The predicted molar refractivity (Wildman–Crippen MR) is 92.2 cm³/mol. The lowest BCUT2D eigenvalue weighted by Crippen LogP contribution is -2.09. The van der Waals surface area contributed by atoms with Gasteiger partial charge >= 0.3 is 5.97 Å². The second-order valence-electron chi connectivity index (χ2n) is 5.05. The molecular formula is C18H17FN2O3S. The van der Waals surface area contributed by atoms with E-state index in [1.165, 1.54) is 37.1 Å². The van der Waals surface area contributed by atoms with Gasteiger partial charge < -0.3 is 9.47 Å². The molecule has 5 nitrogen and oxygen atoms in total. The van der Waals surface area contributed by atoms with E-state index in [-0.39, 0.29) is 23.6 Å². The molecule has 25 heavy (non-hydrogen) atoms. The number of nitriles is 1. The first kappa shape index (κ1) is 18.7. The number of benzene rings is 1. The van der Waals surface area contributed by atoms with Crippen molar-refractivity contribution in [3.63, 3.8) is 0 Å². The number of carbonyl (C=O) groups excluding carboxylic acids is 1. The van der Waals surface area contributed by atoms with E-state index in [9.17, 15) is 14.4 Å². The van der Waals surface area contributed by atoms with E-state index in [1.807, 2.05) is 6.07 Å². The van der Waals surface area contributed by atoms with Gasteiger partial charge in [-0.25, -0.2) is 14.2 Å². The number of methoxy groups -OCH3 is 1. The molecule has 0 aliphatic heterocycles. The van der Waals surface area contributed by atoms with Gasteiger partial charge in [-0.2, -0.15) is 5.26 Å². The Balaban J connectivity index is 2.29. The maximum atomic E-state index is 13.4. The Morgan fingerprint density at radius 3 is 2.80 bits per heavy atom. The lowest BCUT2D eigenvalue weighted by atomic mass is 10.1. The van der Waals surface area contributed by atoms with Crippen molar-refractivity contribution in [2.45, 2.75) is 24.6 Å². The van der Waals surface area contributed by atoms with Gasteiger partial charge in [-0.1, -0.05) is 0 Å². The minimum Gasteiger partial charge on any atom is -0.496 e. The molecule has 0 aliphatic carbocycles. The summed E-state index contributed by atoms with van der Waals surface area (Å²) >= 11 is 1.28. The second kappa shape index (κ2) is 8.49. The molecule has 0 saturated carbocycles. The maximum absolute atomic E-state index is 13.4. The highest BCUT2D eigenvalue weighted by molar-refractivity contribution is 7.98. The summed E-state index contributed by atoms with van der Waals surface area (Å²) in [7, 11) is 1.51. The van der Waals surface area contributed by atoms with Crippen LogP contribution >= 0.6 is 11.8 Å². The van der Waals surface area contributed by atoms with Crippen LogP contribution in [0.4, 0.5) is 4.39 Å². The van der Waals surface area contributed by atoms with Crippen LogP contribution < -0.4 is 4.74 Å². The Bertz CT molecular complexity index is 834. The number of aryl methyl sites for hydroxylation is 1. The smallest absolute Gasteiger partial charge is 0.340 e. The van der Waals surface area contributed by atoms with Crippen LogP contribution in [0.25, 0.3) is 0 Å². The summed E-state index contributed by atoms with van der Waals surface area (Å²) in [6, 6.07) is 7.78. The molecule has 0 amide bonds. The third kappa shape index (κ3) is 4.48. The van der Waals surface area contributed by atoms with Crippen molar-refractivity contribution in [2.75, 3.05) is 13.7 Å². The van der Waals surface area contributed by atoms with E-state index >= 15 is 0 Å². The van der Waals surface area contributed by atoms with Crippen molar-refractivity contribution in [3.05, 3.63) is 52.5 Å². The standard InChI is InChI=1S/C18H17FN2O3S/c1-4-24-18(22)15-8-12(9-20)17(21-11(15)2)25-10-13-7-14(19)5-6-16(13)23-3/h5-8H,4,10H2,1-3H3. The molecule has 0 saturated heterocycles. The lowest BCUT2D eigenvalue weighted by Gasteiger charge is -2.11. The number of rotatable bonds is 6. The van der Waals surface area contributed by atoms with Gasteiger partial charge in [0.15, 0.2) is 0 Å². The summed E-state index contributed by atoms with van der Waals surface area (Å²) in [5.41, 5.74) is 1.68. The molecule has 0 radical (unpaired) electrons. The van der Waals surface area contributed by atoms with Gasteiger partial charge in [-0.3, -0.25) is 0 Å². The zero-order valence-corrected chi connectivity index (χ0v) is 14.9. The maximum Gasteiger partial charge on any atom is 0.340 e. The summed E-state index contributed by atoms with van der Waals surface area (Å²) in [4.78, 5) is 16.3. The van der Waals surface area contributed by atoms with Crippen LogP contribution in [0.5, 0.6) is 5.75 Å². The fraction of sp³-hybridized carbons (Fsp3) is 0.278. The van der Waals surface area contributed by atoms with Crippen LogP contribution in [0.1, 0.15) is 34.1 Å². The van der Waals surface area contributed by atoms with Crippen LogP contribution in [-0.2, 0) is 10.5 Å². The normalized spacial score (nSPS) is 10.2. The summed E-state index contributed by atoms with van der Waals surface area (Å²) < 4.78 is 23.6. The highest BCUT2D eigenvalue weighted by Gasteiger charge is 2.17. The number of aromatic nitrogens is 1. The SMILES string of the molecule is CCOC(=O)c1cc(C#N)c(SCc2cc(F)ccc2OC)nc1C. The van der Waals surface area contributed by atoms with Crippen molar-refractivity contribution < 1.29 is 18.7 Å². The van der Waals surface area contributed by atoms with E-state index in [1.54, 1.807) is 19.9 Å². The number of carbonyl (C=O) groups is 1. The molecule has 0 atom stereocenters. The zero-order chi connectivity index (χ0) is 18.4. The van der Waals surface area contributed by atoms with Gasteiger partial charge in [0.1, 0.15) is 22.7 Å². The Labute approximate surface area is 149 Å². The number of pyridine rings is 1. The largest absolute Gasteiger partial charge is 0.496 e. The monoisotopic (exact) mass is 360 g/mol. The molecule has 0 aliphatic rings. The Morgan fingerprint density at radius 2 is 2.16 bits per heavy atom. The average molecular weight is 360 g/mol. The minimum absolute atomic E-state index is 0.246. The second-order valence-corrected chi connectivity index (χ2v) is 6.02. The third-order valence-corrected chi connectivity index (χ3v) is 4.44. The molecule has 7 heteroatoms. The van der Waals surface area contributed by atoms with Crippen molar-refractivity contribution in [1.82, 2.24) is 4.98 Å². The average Bonchev–Trinajstić information content (AvgIpc) is 2.60. The van der Waals surface area contributed by atoms with Crippen LogP contribution in [-0.4, -0.2) is 24.7 Å². The van der Waals surface area contributed by atoms with Crippen molar-refractivity contribution in [1.29, 1.82) is 5.26 Å². The molecule has 0 N–H and O–H groups in total. The molecule has 0 fully saturated rings. The van der Waals surface area contributed by atoms with Gasteiger partial charge in [-0.15, -0.1) is 11.8 Å². The highest BCUT2D eigenvalue weighted by atomic mass is 32.2. The number of ether oxygens (including phenoxy) is 2. The number of hydrogen-bond donors (Lipinski definition) is 0. The molecule has 1 aromatic carbocycles. The number of thioether (sulfide) groups is 1. The van der Waals surface area contributed by atoms with Crippen molar-refractivity contribution in [2.24, 2.45) is 0 Å². The van der Waals surface area contributed by atoms with Gasteiger partial charge in [0.05, 0.1) is 30.5 Å². The Kier molecular flexibility index (Phi) is 6.37. The van der Waals surface area contributed by atoms with E-state index in [0.29, 0.717) is 27.8 Å². The first-order valence-electron chi connectivity index (χ1n) is 7.54. The quantitative estimate of drug-likeness (QED) is 0.575. The molecule has 0 unspecified atom stereocenters. The van der Waals surface area contributed by atoms with Gasteiger partial charge in [0.25, 0.3) is 0 Å². The summed E-state index contributed by atoms with van der Waals surface area (Å²) in [6.45, 7) is 3.64. The lowest BCUT2D eigenvalue weighted by molar-refractivity contribution is 0.0524. The first-order valence-corrected chi connectivity index (χ1v) is 8.52. The van der Waals surface area contributed by atoms with Crippen LogP contribution in [0, 0.1) is 24.1 Å². The molecule has 1 heterocycles. The fourth-order valence-corrected chi connectivity index (χ4v) is 3.17. The van der Waals surface area contributed by atoms with Gasteiger partial charge in [-0.05, 0) is 38.1 Å². The Morgan fingerprint density at radius 1 is 1.40 bits per heavy atom. The molecule has 0 spiro atoms. The van der Waals surface area contributed by atoms with Crippen LogP contribution in [0.3, 0.4) is 0 Å². The molecule has 1 aromatic heterocycles. The van der Waals surface area contributed by atoms with Crippen molar-refractivity contribution >= 4 is 17.7 Å². The predicted octanol–water partition coefficient (Wildman–Crippen LogP) is 3.88. The summed E-state index contributed by atoms with van der Waals surface area (Å²) in [6.07, 6.45) is 0. The van der Waals surface area contributed by atoms with Gasteiger partial charge in [0.2, 0.25) is 0 Å². The van der Waals surface area contributed by atoms with Gasteiger partial charge in [0, 0.05) is 11.3 Å². The molecule has 2 rings (SSSR count). The van der Waals surface area contributed by atoms with Crippen LogP contribution in [0.2, 0.25) is 0 Å². The topological polar surface area (TPSA) is 72.2 Å². The Hall–Kier alpha value is -2.59. The molecule has 130 valence electrons. The summed E-state index contributed by atoms with van der Waals surface area (Å²) in [5.74, 6) is 0.0687. The molecule has 2 aromatic rings. The molecule has 0 bridgehead atoms. The number of nitrogens with zero attached hydrogens (tertiary/aromatic N) is 2. The first-order chi connectivity index (χ1) is 12.0. The number of esters is 1.